The van der Waals surface area contributed by atoms with Gasteiger partial charge in [0.1, 0.15) is 13.7 Å². The SMILES string of the molecule is CO/N=C\[C@@H](F)[C@H](OC(=O)c1cc(C)cc(C)c1)[C@@H](Br)COC(=O)c1cc(C)cc(C)c1. The van der Waals surface area contributed by atoms with E-state index in [-0.39, 0.29) is 6.61 Å². The van der Waals surface area contributed by atoms with E-state index in [1.165, 1.54) is 7.11 Å². The molecule has 172 valence electrons. The second-order valence-corrected chi connectivity index (χ2v) is 8.79. The van der Waals surface area contributed by atoms with Crippen LogP contribution < -0.4 is 0 Å². The van der Waals surface area contributed by atoms with Crippen molar-refractivity contribution in [2.24, 2.45) is 5.16 Å². The highest BCUT2D eigenvalue weighted by Gasteiger charge is 2.33. The van der Waals surface area contributed by atoms with Crippen LogP contribution in [-0.4, -0.2) is 49.0 Å². The van der Waals surface area contributed by atoms with Crippen LogP contribution in [0.1, 0.15) is 43.0 Å². The molecule has 32 heavy (non-hydrogen) atoms. The molecule has 0 radical (unpaired) electrons. The van der Waals surface area contributed by atoms with E-state index in [1.807, 2.05) is 39.8 Å². The topological polar surface area (TPSA) is 74.2 Å². The summed E-state index contributed by atoms with van der Waals surface area (Å²) in [5.74, 6) is -1.25. The largest absolute Gasteiger partial charge is 0.461 e. The van der Waals surface area contributed by atoms with Crippen molar-refractivity contribution in [3.8, 4) is 0 Å². The number of carbonyl (C=O) groups is 2. The first-order chi connectivity index (χ1) is 15.1. The maximum Gasteiger partial charge on any atom is 0.338 e. The maximum absolute atomic E-state index is 14.8. The molecule has 2 aromatic rings. The molecule has 0 saturated heterocycles. The average molecular weight is 508 g/mol. The Morgan fingerprint density at radius 2 is 1.41 bits per heavy atom. The van der Waals surface area contributed by atoms with E-state index in [9.17, 15) is 14.0 Å². The predicted molar refractivity (Wildman–Crippen MR) is 124 cm³/mol. The van der Waals surface area contributed by atoms with Crippen LogP contribution in [0.25, 0.3) is 0 Å². The van der Waals surface area contributed by atoms with Crippen molar-refractivity contribution in [2.45, 2.75) is 44.8 Å². The van der Waals surface area contributed by atoms with E-state index >= 15 is 0 Å². The number of hydrogen-bond donors (Lipinski definition) is 0. The number of alkyl halides is 2. The molecule has 0 fully saturated rings. The number of nitrogens with zero attached hydrogens (tertiary/aromatic N) is 1. The van der Waals surface area contributed by atoms with Crippen molar-refractivity contribution >= 4 is 34.1 Å². The van der Waals surface area contributed by atoms with Gasteiger partial charge in [0, 0.05) is 0 Å². The number of ether oxygens (including phenoxy) is 2. The van der Waals surface area contributed by atoms with Crippen molar-refractivity contribution in [3.05, 3.63) is 69.8 Å². The Balaban J connectivity index is 2.15. The van der Waals surface area contributed by atoms with Crippen molar-refractivity contribution < 1.29 is 28.3 Å². The third kappa shape index (κ3) is 7.44. The highest BCUT2D eigenvalue weighted by molar-refractivity contribution is 9.09. The third-order valence-corrected chi connectivity index (χ3v) is 5.30. The monoisotopic (exact) mass is 507 g/mol. The number of halogens is 2. The van der Waals surface area contributed by atoms with Gasteiger partial charge in [0.05, 0.1) is 22.2 Å². The Morgan fingerprint density at radius 1 is 0.938 bits per heavy atom. The summed E-state index contributed by atoms with van der Waals surface area (Å²) < 4.78 is 25.6. The number of oxime groups is 1. The number of hydrogen-bond acceptors (Lipinski definition) is 6. The van der Waals surface area contributed by atoms with Crippen LogP contribution in [0.5, 0.6) is 0 Å². The Kier molecular flexibility index (Phi) is 9.38. The minimum absolute atomic E-state index is 0.224. The Hall–Kier alpha value is -2.74. The maximum atomic E-state index is 14.8. The van der Waals surface area contributed by atoms with E-state index in [4.69, 9.17) is 9.47 Å². The predicted octanol–water partition coefficient (Wildman–Crippen LogP) is 5.04. The molecule has 0 bridgehead atoms. The molecule has 0 aliphatic rings. The lowest BCUT2D eigenvalue weighted by Crippen LogP contribution is -2.39. The molecule has 2 rings (SSSR count). The van der Waals surface area contributed by atoms with Gasteiger partial charge >= 0.3 is 11.9 Å². The quantitative estimate of drug-likeness (QED) is 0.206. The van der Waals surface area contributed by atoms with E-state index in [0.717, 1.165) is 28.5 Å². The number of carbonyl (C=O) groups excluding carboxylic acids is 2. The first-order valence-corrected chi connectivity index (χ1v) is 10.9. The van der Waals surface area contributed by atoms with Crippen LogP contribution in [0, 0.1) is 27.7 Å². The summed E-state index contributed by atoms with van der Waals surface area (Å²) >= 11 is 3.30. The molecule has 3 atom stereocenters. The molecule has 0 amide bonds. The third-order valence-electron chi connectivity index (χ3n) is 4.51. The normalized spacial score (nSPS) is 14.0. The van der Waals surface area contributed by atoms with Crippen molar-refractivity contribution in [2.75, 3.05) is 13.7 Å². The molecule has 0 aliphatic carbocycles. The fourth-order valence-electron chi connectivity index (χ4n) is 3.25. The van der Waals surface area contributed by atoms with Gasteiger partial charge in [-0.3, -0.25) is 0 Å². The van der Waals surface area contributed by atoms with Crippen LogP contribution in [0.15, 0.2) is 41.6 Å². The highest BCUT2D eigenvalue weighted by Crippen LogP contribution is 2.20. The van der Waals surface area contributed by atoms with Crippen LogP contribution in [0.2, 0.25) is 0 Å². The van der Waals surface area contributed by atoms with Gasteiger partial charge in [0.15, 0.2) is 12.3 Å². The Morgan fingerprint density at radius 3 is 1.88 bits per heavy atom. The van der Waals surface area contributed by atoms with Crippen molar-refractivity contribution in [1.82, 2.24) is 0 Å². The zero-order chi connectivity index (χ0) is 23.8. The summed E-state index contributed by atoms with van der Waals surface area (Å²) in [6.07, 6.45) is -2.22. The molecule has 0 unspecified atom stereocenters. The molecular formula is C24H27BrFNO5. The summed E-state index contributed by atoms with van der Waals surface area (Å²) in [4.78, 5) is 28.8. The lowest BCUT2D eigenvalue weighted by atomic mass is 10.1. The molecule has 0 heterocycles. The smallest absolute Gasteiger partial charge is 0.338 e. The van der Waals surface area contributed by atoms with Gasteiger partial charge in [-0.1, -0.05) is 55.5 Å². The van der Waals surface area contributed by atoms with E-state index in [1.54, 1.807) is 24.3 Å². The molecule has 0 spiro atoms. The molecule has 0 saturated carbocycles. The fourth-order valence-corrected chi connectivity index (χ4v) is 3.78. The zero-order valence-corrected chi connectivity index (χ0v) is 20.3. The van der Waals surface area contributed by atoms with Gasteiger partial charge in [-0.2, -0.15) is 0 Å². The minimum atomic E-state index is -1.80. The molecule has 0 aromatic heterocycles. The first-order valence-electron chi connectivity index (χ1n) is 10.00. The second-order valence-electron chi connectivity index (χ2n) is 7.62. The lowest BCUT2D eigenvalue weighted by molar-refractivity contribution is 0.00843. The van der Waals surface area contributed by atoms with E-state index in [2.05, 4.69) is 25.9 Å². The standard InChI is InChI=1S/C24H27BrFNO5/c1-14-6-15(2)9-18(8-14)23(28)31-13-20(25)22(21(26)12-27-30-5)32-24(29)19-10-16(3)7-17(4)11-19/h6-12,20-22H,13H2,1-5H3/b27-12-/t20-,21+,22+/m0/s1. The van der Waals surface area contributed by atoms with Gasteiger partial charge < -0.3 is 14.3 Å². The lowest BCUT2D eigenvalue weighted by Gasteiger charge is -2.24. The minimum Gasteiger partial charge on any atom is -0.461 e. The van der Waals surface area contributed by atoms with Crippen molar-refractivity contribution in [3.63, 3.8) is 0 Å². The van der Waals surface area contributed by atoms with Gasteiger partial charge in [0.2, 0.25) is 0 Å². The molecule has 6 nitrogen and oxygen atoms in total. The van der Waals surface area contributed by atoms with Gasteiger partial charge in [-0.05, 0) is 52.0 Å². The Labute approximate surface area is 195 Å². The molecule has 0 N–H and O–H groups in total. The van der Waals surface area contributed by atoms with Crippen LogP contribution >= 0.6 is 15.9 Å². The number of esters is 2. The fraction of sp³-hybridized carbons (Fsp3) is 0.375. The van der Waals surface area contributed by atoms with Crippen LogP contribution in [0.4, 0.5) is 4.39 Å². The second kappa shape index (κ2) is 11.8. The molecule has 2 aromatic carbocycles. The summed E-state index contributed by atoms with van der Waals surface area (Å²) in [5.41, 5.74) is 4.30. The average Bonchev–Trinajstić information content (AvgIpc) is 2.72. The summed E-state index contributed by atoms with van der Waals surface area (Å²) in [6, 6.07) is 10.6. The zero-order valence-electron chi connectivity index (χ0n) is 18.7. The van der Waals surface area contributed by atoms with Crippen LogP contribution in [-0.2, 0) is 14.3 Å². The summed E-state index contributed by atoms with van der Waals surface area (Å²) in [6.45, 7) is 7.23. The molecule has 8 heteroatoms. The van der Waals surface area contributed by atoms with Crippen LogP contribution in [0.3, 0.4) is 0 Å². The summed E-state index contributed by atoms with van der Waals surface area (Å²) in [7, 11) is 1.27. The number of aryl methyl sites for hydroxylation is 4. The highest BCUT2D eigenvalue weighted by atomic mass is 79.9. The molecule has 0 aliphatic heterocycles. The van der Waals surface area contributed by atoms with E-state index in [0.29, 0.717) is 11.1 Å². The molecular weight excluding hydrogens is 481 g/mol. The number of rotatable bonds is 9. The Bertz CT molecular complexity index is 954. The number of benzene rings is 2. The first kappa shape index (κ1) is 25.5. The van der Waals surface area contributed by atoms with Gasteiger partial charge in [-0.15, -0.1) is 0 Å². The van der Waals surface area contributed by atoms with Gasteiger partial charge in [-0.25, -0.2) is 14.0 Å². The summed E-state index contributed by atoms with van der Waals surface area (Å²) in [5, 5.41) is 3.43. The van der Waals surface area contributed by atoms with E-state index < -0.39 is 29.0 Å². The van der Waals surface area contributed by atoms with Gasteiger partial charge in [0.25, 0.3) is 0 Å². The van der Waals surface area contributed by atoms with Crippen molar-refractivity contribution in [1.29, 1.82) is 0 Å².